The Morgan fingerprint density at radius 1 is 1.24 bits per heavy atom. The fourth-order valence-electron chi connectivity index (χ4n) is 2.26. The molecule has 6 heteroatoms. The number of ether oxygens (including phenoxy) is 1. The number of aromatic nitrogens is 3. The number of nitrogen functional groups attached to an aromatic ring is 1. The molecule has 1 aromatic carbocycles. The van der Waals surface area contributed by atoms with Crippen LogP contribution in [0.3, 0.4) is 0 Å². The van der Waals surface area contributed by atoms with Crippen molar-refractivity contribution < 1.29 is 4.74 Å². The zero-order valence-corrected chi connectivity index (χ0v) is 11.4. The number of fused-ring (bicyclic) bond motifs is 1. The number of nitrogens with two attached hydrogens (primary N) is 1. The summed E-state index contributed by atoms with van der Waals surface area (Å²) in [5.41, 5.74) is 7.80. The van der Waals surface area contributed by atoms with Crippen LogP contribution in [0.4, 0.5) is 5.95 Å². The van der Waals surface area contributed by atoms with Gasteiger partial charge >= 0.3 is 0 Å². The fraction of sp³-hybridized carbons (Fsp3) is 0.200. The first kappa shape index (κ1) is 13.4. The van der Waals surface area contributed by atoms with Crippen molar-refractivity contribution in [1.82, 2.24) is 15.0 Å². The van der Waals surface area contributed by atoms with E-state index in [0.29, 0.717) is 30.7 Å². The van der Waals surface area contributed by atoms with Crippen molar-refractivity contribution in [3.63, 3.8) is 0 Å². The van der Waals surface area contributed by atoms with Gasteiger partial charge in [0.05, 0.1) is 18.6 Å². The van der Waals surface area contributed by atoms with Gasteiger partial charge in [0, 0.05) is 6.20 Å². The summed E-state index contributed by atoms with van der Waals surface area (Å²) in [6.07, 6.45) is 2.42. The minimum atomic E-state index is -0.225. The highest BCUT2D eigenvalue weighted by Crippen LogP contribution is 2.13. The van der Waals surface area contributed by atoms with Crippen LogP contribution in [0.25, 0.3) is 11.0 Å². The molecule has 2 aromatic heterocycles. The SMILES string of the molecule is Nc1nc2[nH]cc(CCOCc3ccccc3)c2c(=O)[nH]1. The first-order chi connectivity index (χ1) is 10.2. The van der Waals surface area contributed by atoms with Gasteiger partial charge in [0.15, 0.2) is 0 Å². The number of hydrogen-bond donors (Lipinski definition) is 3. The normalized spacial score (nSPS) is 11.0. The Kier molecular flexibility index (Phi) is 3.70. The van der Waals surface area contributed by atoms with Gasteiger partial charge in [-0.3, -0.25) is 9.78 Å². The average Bonchev–Trinajstić information content (AvgIpc) is 2.88. The minimum absolute atomic E-state index is 0.112. The van der Waals surface area contributed by atoms with E-state index in [4.69, 9.17) is 10.5 Å². The number of anilines is 1. The number of H-pyrrole nitrogens is 2. The lowest BCUT2D eigenvalue weighted by atomic mass is 10.2. The minimum Gasteiger partial charge on any atom is -0.376 e. The van der Waals surface area contributed by atoms with Crippen molar-refractivity contribution in [1.29, 1.82) is 0 Å². The third-order valence-electron chi connectivity index (χ3n) is 3.27. The van der Waals surface area contributed by atoms with Crippen LogP contribution >= 0.6 is 0 Å². The number of benzene rings is 1. The molecule has 0 spiro atoms. The molecule has 0 saturated heterocycles. The van der Waals surface area contributed by atoms with Crippen molar-refractivity contribution in [3.8, 4) is 0 Å². The number of nitrogens with one attached hydrogen (secondary N) is 2. The smallest absolute Gasteiger partial charge is 0.262 e. The van der Waals surface area contributed by atoms with Gasteiger partial charge in [-0.2, -0.15) is 4.98 Å². The largest absolute Gasteiger partial charge is 0.376 e. The highest BCUT2D eigenvalue weighted by Gasteiger charge is 2.09. The number of rotatable bonds is 5. The summed E-state index contributed by atoms with van der Waals surface area (Å²) in [7, 11) is 0. The first-order valence-electron chi connectivity index (χ1n) is 6.71. The summed E-state index contributed by atoms with van der Waals surface area (Å²) in [6, 6.07) is 9.97. The number of nitrogens with zero attached hydrogens (tertiary/aromatic N) is 1. The lowest BCUT2D eigenvalue weighted by Crippen LogP contribution is -2.12. The fourth-order valence-corrected chi connectivity index (χ4v) is 2.26. The lowest BCUT2D eigenvalue weighted by molar-refractivity contribution is 0.124. The van der Waals surface area contributed by atoms with Crippen LogP contribution in [0.15, 0.2) is 41.3 Å². The molecule has 0 saturated carbocycles. The van der Waals surface area contributed by atoms with Crippen molar-refractivity contribution >= 4 is 17.0 Å². The Bertz CT molecular complexity index is 792. The third kappa shape index (κ3) is 2.95. The maximum atomic E-state index is 11.9. The molecule has 0 aliphatic carbocycles. The molecule has 3 rings (SSSR count). The summed E-state index contributed by atoms with van der Waals surface area (Å²) in [6.45, 7) is 1.09. The Balaban J connectivity index is 1.65. The quantitative estimate of drug-likeness (QED) is 0.620. The molecule has 0 unspecified atom stereocenters. The van der Waals surface area contributed by atoms with Crippen LogP contribution < -0.4 is 11.3 Å². The zero-order valence-electron chi connectivity index (χ0n) is 11.4. The van der Waals surface area contributed by atoms with Crippen LogP contribution in [0.2, 0.25) is 0 Å². The Morgan fingerprint density at radius 2 is 2.05 bits per heavy atom. The van der Waals surface area contributed by atoms with E-state index in [1.54, 1.807) is 6.20 Å². The predicted octanol–water partition coefficient (Wildman–Crippen LogP) is 1.59. The van der Waals surface area contributed by atoms with Crippen LogP contribution in [-0.2, 0) is 17.8 Å². The molecule has 0 aliphatic rings. The van der Waals surface area contributed by atoms with Gasteiger partial charge in [-0.1, -0.05) is 30.3 Å². The second-order valence-corrected chi connectivity index (χ2v) is 4.78. The van der Waals surface area contributed by atoms with Crippen LogP contribution in [0, 0.1) is 0 Å². The second-order valence-electron chi connectivity index (χ2n) is 4.78. The molecule has 0 bridgehead atoms. The molecule has 0 radical (unpaired) electrons. The molecule has 21 heavy (non-hydrogen) atoms. The third-order valence-corrected chi connectivity index (χ3v) is 3.27. The predicted molar refractivity (Wildman–Crippen MR) is 80.9 cm³/mol. The molecule has 3 aromatic rings. The van der Waals surface area contributed by atoms with E-state index in [0.717, 1.165) is 11.1 Å². The average molecular weight is 284 g/mol. The molecular weight excluding hydrogens is 268 g/mol. The molecule has 0 atom stereocenters. The molecular formula is C15H16N4O2. The highest BCUT2D eigenvalue weighted by molar-refractivity contribution is 5.79. The second kappa shape index (κ2) is 5.80. The Morgan fingerprint density at radius 3 is 2.86 bits per heavy atom. The van der Waals surface area contributed by atoms with E-state index >= 15 is 0 Å². The van der Waals surface area contributed by atoms with Crippen molar-refractivity contribution in [2.75, 3.05) is 12.3 Å². The van der Waals surface area contributed by atoms with Gasteiger partial charge in [0.25, 0.3) is 5.56 Å². The topological polar surface area (TPSA) is 96.8 Å². The van der Waals surface area contributed by atoms with Gasteiger partial charge in [0.1, 0.15) is 5.65 Å². The van der Waals surface area contributed by atoms with Crippen molar-refractivity contribution in [2.45, 2.75) is 13.0 Å². The van der Waals surface area contributed by atoms with Gasteiger partial charge in [0.2, 0.25) is 5.95 Å². The van der Waals surface area contributed by atoms with E-state index in [1.165, 1.54) is 0 Å². The molecule has 0 aliphatic heterocycles. The summed E-state index contributed by atoms with van der Waals surface area (Å²) in [4.78, 5) is 21.4. The molecule has 4 N–H and O–H groups in total. The first-order valence-corrected chi connectivity index (χ1v) is 6.71. The van der Waals surface area contributed by atoms with E-state index < -0.39 is 0 Å². The summed E-state index contributed by atoms with van der Waals surface area (Å²) in [5, 5.41) is 0.549. The van der Waals surface area contributed by atoms with Gasteiger partial charge in [-0.05, 0) is 17.5 Å². The van der Waals surface area contributed by atoms with E-state index in [-0.39, 0.29) is 11.5 Å². The Hall–Kier alpha value is -2.60. The standard InChI is InChI=1S/C15H16N4O2/c16-15-18-13-12(14(20)19-15)11(8-17-13)6-7-21-9-10-4-2-1-3-5-10/h1-5,8H,6-7,9H2,(H4,16,17,18,19,20). The molecule has 0 amide bonds. The molecule has 6 nitrogen and oxygen atoms in total. The summed E-state index contributed by atoms with van der Waals surface area (Å²) < 4.78 is 5.63. The highest BCUT2D eigenvalue weighted by atomic mass is 16.5. The monoisotopic (exact) mass is 284 g/mol. The summed E-state index contributed by atoms with van der Waals surface area (Å²) >= 11 is 0. The maximum Gasteiger partial charge on any atom is 0.262 e. The molecule has 108 valence electrons. The van der Waals surface area contributed by atoms with Crippen LogP contribution in [0.5, 0.6) is 0 Å². The number of hydrogen-bond acceptors (Lipinski definition) is 4. The van der Waals surface area contributed by atoms with Crippen molar-refractivity contribution in [2.24, 2.45) is 0 Å². The number of aromatic amines is 2. The Labute approximate surface area is 121 Å². The van der Waals surface area contributed by atoms with E-state index in [1.807, 2.05) is 30.3 Å². The molecule has 0 fully saturated rings. The van der Waals surface area contributed by atoms with E-state index in [2.05, 4.69) is 15.0 Å². The molecule has 2 heterocycles. The maximum absolute atomic E-state index is 11.9. The van der Waals surface area contributed by atoms with Gasteiger partial charge in [-0.15, -0.1) is 0 Å². The van der Waals surface area contributed by atoms with Gasteiger partial charge in [-0.25, -0.2) is 0 Å². The summed E-state index contributed by atoms with van der Waals surface area (Å²) in [5.74, 6) is 0.112. The van der Waals surface area contributed by atoms with Gasteiger partial charge < -0.3 is 15.5 Å². The van der Waals surface area contributed by atoms with Crippen molar-refractivity contribution in [3.05, 3.63) is 58.0 Å². The lowest BCUT2D eigenvalue weighted by Gasteiger charge is -2.03. The zero-order chi connectivity index (χ0) is 14.7. The van der Waals surface area contributed by atoms with E-state index in [9.17, 15) is 4.79 Å². The van der Waals surface area contributed by atoms with Crippen LogP contribution in [0.1, 0.15) is 11.1 Å². The van der Waals surface area contributed by atoms with Crippen LogP contribution in [-0.4, -0.2) is 21.6 Å².